The zero-order valence-corrected chi connectivity index (χ0v) is 19.4. The highest BCUT2D eigenvalue weighted by Gasteiger charge is 2.26. The molecule has 1 aliphatic carbocycles. The van der Waals surface area contributed by atoms with Crippen LogP contribution in [0.15, 0.2) is 81.1 Å². The van der Waals surface area contributed by atoms with Crippen molar-refractivity contribution in [1.29, 1.82) is 0 Å². The molecule has 1 aliphatic rings. The van der Waals surface area contributed by atoms with Crippen LogP contribution in [-0.2, 0) is 9.53 Å². The van der Waals surface area contributed by atoms with Gasteiger partial charge in [-0.25, -0.2) is 4.98 Å². The van der Waals surface area contributed by atoms with Gasteiger partial charge in [0.25, 0.3) is 17.2 Å². The lowest BCUT2D eigenvalue weighted by Crippen LogP contribution is -2.31. The van der Waals surface area contributed by atoms with E-state index in [0.717, 1.165) is 6.42 Å². The lowest BCUT2D eigenvalue weighted by molar-refractivity contribution is -0.384. The summed E-state index contributed by atoms with van der Waals surface area (Å²) in [5.41, 5.74) is 0.365. The molecule has 1 unspecified atom stereocenters. The summed E-state index contributed by atoms with van der Waals surface area (Å²) in [6.07, 6.45) is 5.15. The number of amides is 1. The van der Waals surface area contributed by atoms with Gasteiger partial charge in [0.05, 0.1) is 41.8 Å². The van der Waals surface area contributed by atoms with Crippen LogP contribution in [0.5, 0.6) is 5.75 Å². The number of ether oxygens (including phenoxy) is 2. The van der Waals surface area contributed by atoms with E-state index in [4.69, 9.17) is 9.47 Å². The number of aromatic amines is 1. The minimum absolute atomic E-state index is 0.0276. The maximum atomic E-state index is 13.4. The average Bonchev–Trinajstić information content (AvgIpc) is 2.89. The molecule has 1 amide bonds. The number of non-ortho nitro benzene ring substituents is 1. The van der Waals surface area contributed by atoms with Gasteiger partial charge in [0.1, 0.15) is 17.3 Å². The normalized spacial score (nSPS) is 14.2. The second-order valence-corrected chi connectivity index (χ2v) is 7.66. The van der Waals surface area contributed by atoms with Crippen molar-refractivity contribution < 1.29 is 19.2 Å². The van der Waals surface area contributed by atoms with Crippen molar-refractivity contribution in [3.63, 3.8) is 0 Å². The fourth-order valence-electron chi connectivity index (χ4n) is 3.61. The van der Waals surface area contributed by atoms with Crippen molar-refractivity contribution in [2.24, 2.45) is 10.2 Å². The summed E-state index contributed by atoms with van der Waals surface area (Å²) in [4.78, 5) is 43.6. The Hall–Kier alpha value is -4.87. The lowest BCUT2D eigenvalue weighted by Gasteiger charge is -2.18. The summed E-state index contributed by atoms with van der Waals surface area (Å²) in [6, 6.07) is 9.12. The summed E-state index contributed by atoms with van der Waals surface area (Å²) < 4.78 is 10.5. The second kappa shape index (κ2) is 10.6. The predicted octanol–water partition coefficient (Wildman–Crippen LogP) is 3.99. The number of methoxy groups -OCH3 is 2. The molecule has 0 spiro atoms. The number of carbonyl (C=O) groups excluding carboxylic acids is 1. The van der Waals surface area contributed by atoms with Gasteiger partial charge in [0.15, 0.2) is 5.75 Å². The Morgan fingerprint density at radius 2 is 1.94 bits per heavy atom. The SMILES string of the molecule is COC1=CCCC=C1NC(=O)C(N=Nc1ccc([N+](=O)[O-])cc1OC)c1nc2ccccc2c(=O)[nH]1. The number of hydrogen-bond acceptors (Lipinski definition) is 9. The number of nitrogens with one attached hydrogen (secondary N) is 2. The number of nitrogens with zero attached hydrogens (tertiary/aromatic N) is 4. The van der Waals surface area contributed by atoms with Crippen LogP contribution in [0.25, 0.3) is 10.9 Å². The van der Waals surface area contributed by atoms with Crippen molar-refractivity contribution in [3.8, 4) is 5.75 Å². The van der Waals surface area contributed by atoms with E-state index in [1.165, 1.54) is 32.4 Å². The highest BCUT2D eigenvalue weighted by atomic mass is 16.6. The summed E-state index contributed by atoms with van der Waals surface area (Å²) in [5.74, 6) is -0.0525. The maximum Gasteiger partial charge on any atom is 0.273 e. The number of aromatic nitrogens is 2. The van der Waals surface area contributed by atoms with Crippen LogP contribution < -0.4 is 15.6 Å². The van der Waals surface area contributed by atoms with E-state index >= 15 is 0 Å². The molecule has 2 N–H and O–H groups in total. The molecule has 0 aliphatic heterocycles. The molecule has 4 rings (SSSR count). The number of allylic oxidation sites excluding steroid dienone is 2. The molecule has 1 aromatic heterocycles. The van der Waals surface area contributed by atoms with Gasteiger partial charge in [-0.3, -0.25) is 19.7 Å². The number of nitro groups is 1. The lowest BCUT2D eigenvalue weighted by atomic mass is 10.1. The molecule has 12 nitrogen and oxygen atoms in total. The van der Waals surface area contributed by atoms with Crippen molar-refractivity contribution in [3.05, 3.63) is 92.4 Å². The van der Waals surface area contributed by atoms with E-state index < -0.39 is 22.4 Å². The topological polar surface area (TPSA) is 161 Å². The van der Waals surface area contributed by atoms with E-state index in [0.29, 0.717) is 28.8 Å². The Labute approximate surface area is 204 Å². The Morgan fingerprint density at radius 1 is 1.17 bits per heavy atom. The van der Waals surface area contributed by atoms with Crippen LogP contribution in [0, 0.1) is 10.1 Å². The van der Waals surface area contributed by atoms with Crippen molar-refractivity contribution in [2.45, 2.75) is 18.9 Å². The van der Waals surface area contributed by atoms with Crippen LogP contribution in [0.3, 0.4) is 0 Å². The highest BCUT2D eigenvalue weighted by Crippen LogP contribution is 2.33. The van der Waals surface area contributed by atoms with Gasteiger partial charge in [-0.2, -0.15) is 10.2 Å². The standard InChI is InChI=1S/C24H22N6O6/c1-35-19-10-6-5-9-17(19)26-24(32)21(22-25-16-8-4-3-7-15(16)23(31)27-22)29-28-18-12-11-14(30(33)34)13-20(18)36-2/h3-4,7-13,21H,5-6H2,1-2H3,(H,26,32)(H,25,27,31). The van der Waals surface area contributed by atoms with Gasteiger partial charge in [0, 0.05) is 6.07 Å². The van der Waals surface area contributed by atoms with E-state index in [1.807, 2.05) is 12.2 Å². The quantitative estimate of drug-likeness (QED) is 0.274. The van der Waals surface area contributed by atoms with E-state index in [-0.39, 0.29) is 22.9 Å². The van der Waals surface area contributed by atoms with Gasteiger partial charge < -0.3 is 19.8 Å². The van der Waals surface area contributed by atoms with Crippen LogP contribution in [0.4, 0.5) is 11.4 Å². The number of azo groups is 1. The molecular formula is C24H22N6O6. The summed E-state index contributed by atoms with van der Waals surface area (Å²) in [5, 5.41) is 22.5. The van der Waals surface area contributed by atoms with Crippen molar-refractivity contribution in [1.82, 2.24) is 15.3 Å². The first-order valence-electron chi connectivity index (χ1n) is 10.9. The fraction of sp³-hybridized carbons (Fsp3) is 0.208. The third-order valence-corrected chi connectivity index (χ3v) is 5.38. The summed E-state index contributed by atoms with van der Waals surface area (Å²) in [7, 11) is 2.83. The van der Waals surface area contributed by atoms with Crippen LogP contribution in [0.2, 0.25) is 0 Å². The van der Waals surface area contributed by atoms with Gasteiger partial charge in [-0.1, -0.05) is 18.2 Å². The Bertz CT molecular complexity index is 1480. The number of fused-ring (bicyclic) bond motifs is 1. The van der Waals surface area contributed by atoms with Crippen molar-refractivity contribution >= 4 is 28.2 Å². The predicted molar refractivity (Wildman–Crippen MR) is 130 cm³/mol. The van der Waals surface area contributed by atoms with E-state index in [2.05, 4.69) is 25.5 Å². The number of hydrogen-bond donors (Lipinski definition) is 2. The van der Waals surface area contributed by atoms with Crippen molar-refractivity contribution in [2.75, 3.05) is 14.2 Å². The monoisotopic (exact) mass is 490 g/mol. The smallest absolute Gasteiger partial charge is 0.273 e. The third-order valence-electron chi connectivity index (χ3n) is 5.38. The van der Waals surface area contributed by atoms with E-state index in [9.17, 15) is 19.7 Å². The van der Waals surface area contributed by atoms with E-state index in [1.54, 1.807) is 24.3 Å². The third kappa shape index (κ3) is 5.12. The van der Waals surface area contributed by atoms with Crippen LogP contribution >= 0.6 is 0 Å². The zero-order chi connectivity index (χ0) is 25.7. The highest BCUT2D eigenvalue weighted by molar-refractivity contribution is 5.85. The zero-order valence-electron chi connectivity index (χ0n) is 19.4. The summed E-state index contributed by atoms with van der Waals surface area (Å²) >= 11 is 0. The molecule has 12 heteroatoms. The summed E-state index contributed by atoms with van der Waals surface area (Å²) in [6.45, 7) is 0. The molecule has 36 heavy (non-hydrogen) atoms. The Balaban J connectivity index is 1.75. The number of H-pyrrole nitrogens is 1. The molecule has 0 bridgehead atoms. The molecule has 184 valence electrons. The molecule has 0 fully saturated rings. The molecule has 1 atom stereocenters. The number of nitro benzene ring substituents is 1. The molecule has 0 saturated heterocycles. The fourth-order valence-corrected chi connectivity index (χ4v) is 3.61. The molecule has 1 heterocycles. The minimum atomic E-state index is -1.36. The average molecular weight is 490 g/mol. The first-order valence-corrected chi connectivity index (χ1v) is 10.9. The second-order valence-electron chi connectivity index (χ2n) is 7.66. The van der Waals surface area contributed by atoms with Gasteiger partial charge in [-0.15, -0.1) is 0 Å². The molecular weight excluding hydrogens is 468 g/mol. The van der Waals surface area contributed by atoms with Gasteiger partial charge >= 0.3 is 0 Å². The Morgan fingerprint density at radius 3 is 2.69 bits per heavy atom. The first kappa shape index (κ1) is 24.3. The minimum Gasteiger partial charge on any atom is -0.495 e. The Kier molecular flexibility index (Phi) is 7.14. The molecule has 0 radical (unpaired) electrons. The first-order chi connectivity index (χ1) is 17.4. The maximum absolute atomic E-state index is 13.4. The molecule has 3 aromatic rings. The van der Waals surface area contributed by atoms with Crippen LogP contribution in [-0.4, -0.2) is 35.0 Å². The molecule has 0 saturated carbocycles. The molecule has 2 aromatic carbocycles. The largest absolute Gasteiger partial charge is 0.495 e. The van der Waals surface area contributed by atoms with Gasteiger partial charge in [-0.05, 0) is 37.1 Å². The number of rotatable bonds is 8. The number of carbonyl (C=O) groups is 1. The van der Waals surface area contributed by atoms with Gasteiger partial charge in [0.2, 0.25) is 6.04 Å². The number of benzene rings is 2. The number of para-hydroxylation sites is 1. The van der Waals surface area contributed by atoms with Crippen LogP contribution in [0.1, 0.15) is 24.7 Å².